The van der Waals surface area contributed by atoms with Crippen molar-refractivity contribution in [3.8, 4) is 0 Å². The van der Waals surface area contributed by atoms with Crippen LogP contribution in [0.1, 0.15) is 30.5 Å². The van der Waals surface area contributed by atoms with Crippen LogP contribution in [0.2, 0.25) is 0 Å². The second-order valence-electron chi connectivity index (χ2n) is 5.53. The number of aromatic amines is 1. The van der Waals surface area contributed by atoms with Crippen molar-refractivity contribution in [1.29, 1.82) is 0 Å². The maximum atomic E-state index is 4.04. The third kappa shape index (κ3) is 2.69. The van der Waals surface area contributed by atoms with Gasteiger partial charge in [0.25, 0.3) is 0 Å². The van der Waals surface area contributed by atoms with E-state index in [0.29, 0.717) is 0 Å². The lowest BCUT2D eigenvalue weighted by Gasteiger charge is -2.15. The molecule has 1 aliphatic heterocycles. The van der Waals surface area contributed by atoms with Crippen molar-refractivity contribution >= 4 is 0 Å². The summed E-state index contributed by atoms with van der Waals surface area (Å²) in [6.45, 7) is 6.80. The number of rotatable bonds is 5. The van der Waals surface area contributed by atoms with E-state index < -0.39 is 0 Å². The standard InChI is InChI=1S/C13H22N4/c1-10-12(8-15-16-10)7-14-6-11-4-5-17(9-11)13-2-3-13/h8,11,13-14H,2-7,9H2,1H3,(H,15,16)/t11-/m1/s1. The molecule has 1 aliphatic carbocycles. The minimum atomic E-state index is 0.850. The van der Waals surface area contributed by atoms with Gasteiger partial charge in [-0.1, -0.05) is 0 Å². The molecule has 4 heteroatoms. The quantitative estimate of drug-likeness (QED) is 0.807. The highest BCUT2D eigenvalue weighted by molar-refractivity contribution is 5.13. The number of hydrogen-bond acceptors (Lipinski definition) is 3. The number of nitrogens with one attached hydrogen (secondary N) is 2. The summed E-state index contributed by atoms with van der Waals surface area (Å²) in [5, 5.41) is 10.6. The molecule has 0 bridgehead atoms. The number of nitrogens with zero attached hydrogens (tertiary/aromatic N) is 2. The molecule has 0 amide bonds. The van der Waals surface area contributed by atoms with Crippen molar-refractivity contribution in [2.24, 2.45) is 5.92 Å². The first-order valence-electron chi connectivity index (χ1n) is 6.76. The minimum absolute atomic E-state index is 0.850. The van der Waals surface area contributed by atoms with Crippen LogP contribution in [-0.4, -0.2) is 40.8 Å². The molecule has 0 radical (unpaired) electrons. The van der Waals surface area contributed by atoms with Gasteiger partial charge in [0.2, 0.25) is 0 Å². The van der Waals surface area contributed by atoms with Crippen molar-refractivity contribution in [2.75, 3.05) is 19.6 Å². The monoisotopic (exact) mass is 234 g/mol. The summed E-state index contributed by atoms with van der Waals surface area (Å²) in [5.41, 5.74) is 2.48. The number of likely N-dealkylation sites (tertiary alicyclic amines) is 1. The number of H-pyrrole nitrogens is 1. The Morgan fingerprint density at radius 1 is 1.47 bits per heavy atom. The Bertz CT molecular complexity index is 369. The van der Waals surface area contributed by atoms with Crippen LogP contribution in [0.3, 0.4) is 0 Å². The van der Waals surface area contributed by atoms with Crippen molar-refractivity contribution in [3.05, 3.63) is 17.5 Å². The van der Waals surface area contributed by atoms with E-state index in [-0.39, 0.29) is 0 Å². The summed E-state index contributed by atoms with van der Waals surface area (Å²) in [4.78, 5) is 2.68. The Hall–Kier alpha value is -0.870. The van der Waals surface area contributed by atoms with E-state index in [1.54, 1.807) is 0 Å². The van der Waals surface area contributed by atoms with Crippen molar-refractivity contribution in [1.82, 2.24) is 20.4 Å². The summed E-state index contributed by atoms with van der Waals surface area (Å²) in [6, 6.07) is 0.941. The molecular weight excluding hydrogens is 212 g/mol. The van der Waals surface area contributed by atoms with Crippen LogP contribution in [0.4, 0.5) is 0 Å². The summed E-state index contributed by atoms with van der Waals surface area (Å²) in [7, 11) is 0. The van der Waals surface area contributed by atoms with E-state index in [1.807, 2.05) is 6.20 Å². The smallest absolute Gasteiger partial charge is 0.0535 e. The first-order valence-corrected chi connectivity index (χ1v) is 6.76. The maximum Gasteiger partial charge on any atom is 0.0535 e. The molecule has 1 aromatic heterocycles. The largest absolute Gasteiger partial charge is 0.312 e. The van der Waals surface area contributed by atoms with Crippen LogP contribution in [0.25, 0.3) is 0 Å². The lowest BCUT2D eigenvalue weighted by molar-refractivity contribution is 0.312. The van der Waals surface area contributed by atoms with Crippen LogP contribution in [0, 0.1) is 12.8 Å². The normalized spacial score (nSPS) is 25.6. The second kappa shape index (κ2) is 4.78. The molecule has 4 nitrogen and oxygen atoms in total. The van der Waals surface area contributed by atoms with Gasteiger partial charge in [-0.2, -0.15) is 5.10 Å². The summed E-state index contributed by atoms with van der Waals surface area (Å²) < 4.78 is 0. The Balaban J connectivity index is 1.39. The summed E-state index contributed by atoms with van der Waals surface area (Å²) in [6.07, 6.45) is 6.17. The van der Waals surface area contributed by atoms with Crippen LogP contribution < -0.4 is 5.32 Å². The first-order chi connectivity index (χ1) is 8.33. The molecule has 3 rings (SSSR count). The average Bonchev–Trinajstić information content (AvgIpc) is 2.94. The maximum absolute atomic E-state index is 4.04. The zero-order chi connectivity index (χ0) is 11.7. The van der Waals surface area contributed by atoms with Gasteiger partial charge >= 0.3 is 0 Å². The molecule has 0 spiro atoms. The highest BCUT2D eigenvalue weighted by atomic mass is 15.2. The highest BCUT2D eigenvalue weighted by Gasteiger charge is 2.33. The number of aromatic nitrogens is 2. The molecule has 94 valence electrons. The second-order valence-corrected chi connectivity index (χ2v) is 5.53. The molecule has 1 atom stereocenters. The van der Waals surface area contributed by atoms with Crippen molar-refractivity contribution < 1.29 is 0 Å². The van der Waals surface area contributed by atoms with Crippen molar-refractivity contribution in [2.45, 2.75) is 38.8 Å². The fraction of sp³-hybridized carbons (Fsp3) is 0.769. The van der Waals surface area contributed by atoms with Gasteiger partial charge in [-0.15, -0.1) is 0 Å². The number of aryl methyl sites for hydroxylation is 1. The summed E-state index contributed by atoms with van der Waals surface area (Å²) >= 11 is 0. The predicted octanol–water partition coefficient (Wildman–Crippen LogP) is 1.29. The fourth-order valence-corrected chi connectivity index (χ4v) is 2.77. The van der Waals surface area contributed by atoms with Gasteiger partial charge < -0.3 is 10.2 Å². The van der Waals surface area contributed by atoms with Crippen LogP contribution in [0.15, 0.2) is 6.20 Å². The number of hydrogen-bond donors (Lipinski definition) is 2. The SMILES string of the molecule is Cc1[nH]ncc1CNC[C@H]1CCN(C2CC2)C1. The van der Waals surface area contributed by atoms with Crippen LogP contribution >= 0.6 is 0 Å². The van der Waals surface area contributed by atoms with Gasteiger partial charge in [0.1, 0.15) is 0 Å². The first kappa shape index (κ1) is 11.2. The molecule has 2 N–H and O–H groups in total. The third-order valence-electron chi connectivity index (χ3n) is 4.06. The van der Waals surface area contributed by atoms with Gasteiger partial charge in [0, 0.05) is 30.4 Å². The van der Waals surface area contributed by atoms with E-state index in [0.717, 1.165) is 25.0 Å². The Morgan fingerprint density at radius 3 is 3.06 bits per heavy atom. The molecule has 1 saturated heterocycles. The molecule has 2 heterocycles. The highest BCUT2D eigenvalue weighted by Crippen LogP contribution is 2.31. The zero-order valence-electron chi connectivity index (χ0n) is 10.6. The van der Waals surface area contributed by atoms with E-state index in [9.17, 15) is 0 Å². The topological polar surface area (TPSA) is 44.0 Å². The molecule has 0 aromatic carbocycles. The van der Waals surface area contributed by atoms with E-state index in [1.165, 1.54) is 43.6 Å². The Kier molecular flexibility index (Phi) is 3.16. The third-order valence-corrected chi connectivity index (χ3v) is 4.06. The van der Waals surface area contributed by atoms with Crippen LogP contribution in [0.5, 0.6) is 0 Å². The van der Waals surface area contributed by atoms with E-state index >= 15 is 0 Å². The van der Waals surface area contributed by atoms with Gasteiger partial charge in [0.15, 0.2) is 0 Å². The van der Waals surface area contributed by atoms with E-state index in [4.69, 9.17) is 0 Å². The lowest BCUT2D eigenvalue weighted by atomic mass is 10.1. The Labute approximate surface area is 103 Å². The van der Waals surface area contributed by atoms with Gasteiger partial charge in [-0.05, 0) is 45.2 Å². The molecule has 2 aliphatic rings. The van der Waals surface area contributed by atoms with Gasteiger partial charge in [-0.3, -0.25) is 5.10 Å². The predicted molar refractivity (Wildman–Crippen MR) is 67.7 cm³/mol. The van der Waals surface area contributed by atoms with Gasteiger partial charge in [-0.25, -0.2) is 0 Å². The molecule has 2 fully saturated rings. The molecule has 17 heavy (non-hydrogen) atoms. The molecule has 1 saturated carbocycles. The molecular formula is C13H22N4. The zero-order valence-corrected chi connectivity index (χ0v) is 10.6. The molecule has 0 unspecified atom stereocenters. The average molecular weight is 234 g/mol. The fourth-order valence-electron chi connectivity index (χ4n) is 2.77. The minimum Gasteiger partial charge on any atom is -0.312 e. The molecule has 1 aromatic rings. The van der Waals surface area contributed by atoms with Crippen molar-refractivity contribution in [3.63, 3.8) is 0 Å². The summed E-state index contributed by atoms with van der Waals surface area (Å²) in [5.74, 6) is 0.850. The lowest BCUT2D eigenvalue weighted by Crippen LogP contribution is -2.27. The van der Waals surface area contributed by atoms with Gasteiger partial charge in [0.05, 0.1) is 6.20 Å². The van der Waals surface area contributed by atoms with E-state index in [2.05, 4.69) is 27.3 Å². The van der Waals surface area contributed by atoms with Crippen LogP contribution in [-0.2, 0) is 6.54 Å². The Morgan fingerprint density at radius 2 is 2.35 bits per heavy atom.